The number of methoxy groups -OCH3 is 1. The second kappa shape index (κ2) is 14.3. The third kappa shape index (κ3) is 8.51. The number of aryl methyl sites for hydroxylation is 1. The van der Waals surface area contributed by atoms with Crippen LogP contribution in [0.2, 0.25) is 0 Å². The van der Waals surface area contributed by atoms with Crippen molar-refractivity contribution in [2.24, 2.45) is 10.9 Å². The summed E-state index contributed by atoms with van der Waals surface area (Å²) in [5.74, 6) is 1.38. The third-order valence-electron chi connectivity index (χ3n) is 6.36. The third-order valence-corrected chi connectivity index (χ3v) is 6.36. The van der Waals surface area contributed by atoms with E-state index in [-0.39, 0.29) is 30.1 Å². The van der Waals surface area contributed by atoms with Crippen molar-refractivity contribution < 1.29 is 9.47 Å². The molecule has 2 N–H and O–H groups in total. The summed E-state index contributed by atoms with van der Waals surface area (Å²) in [4.78, 5) is 7.02. The molecule has 2 unspecified atom stereocenters. The van der Waals surface area contributed by atoms with Crippen LogP contribution < -0.4 is 10.6 Å². The average Bonchev–Trinajstić information content (AvgIpc) is 2.78. The number of nitrogens with zero attached hydrogens (tertiary/aromatic N) is 2. The zero-order chi connectivity index (χ0) is 21.2. The molecule has 0 saturated carbocycles. The number of halogens is 1. The maximum atomic E-state index is 6.17. The molecule has 31 heavy (non-hydrogen) atoms. The Kier molecular flexibility index (Phi) is 12.1. The van der Waals surface area contributed by atoms with Crippen LogP contribution >= 0.6 is 24.0 Å². The highest BCUT2D eigenvalue weighted by atomic mass is 127. The van der Waals surface area contributed by atoms with Gasteiger partial charge in [-0.05, 0) is 44.6 Å². The van der Waals surface area contributed by atoms with E-state index in [0.717, 1.165) is 71.0 Å². The lowest BCUT2D eigenvalue weighted by molar-refractivity contribution is -0.0265. The standard InChI is InChI=1S/C24H40N4O2.HI/c1-19-7-9-20(10-8-19)23-21(6-4-17-30-23)18-26-24(25-2)27-22-11-14-28(15-12-22)13-5-16-29-3;/h7-10,21-23H,4-6,11-18H2,1-3H3,(H2,25,26,27);1H. The first-order valence-electron chi connectivity index (χ1n) is 11.6. The maximum absolute atomic E-state index is 6.17. The lowest BCUT2D eigenvalue weighted by atomic mass is 9.89. The van der Waals surface area contributed by atoms with Gasteiger partial charge in [0.2, 0.25) is 0 Å². The van der Waals surface area contributed by atoms with Crippen molar-refractivity contribution in [2.75, 3.05) is 53.6 Å². The van der Waals surface area contributed by atoms with Gasteiger partial charge in [0.25, 0.3) is 0 Å². The first kappa shape index (κ1) is 26.4. The van der Waals surface area contributed by atoms with Gasteiger partial charge in [-0.2, -0.15) is 0 Å². The minimum Gasteiger partial charge on any atom is -0.385 e. The number of benzene rings is 1. The van der Waals surface area contributed by atoms with Crippen molar-refractivity contribution in [2.45, 2.75) is 51.2 Å². The predicted octanol–water partition coefficient (Wildman–Crippen LogP) is 3.75. The van der Waals surface area contributed by atoms with Crippen molar-refractivity contribution in [3.63, 3.8) is 0 Å². The van der Waals surface area contributed by atoms with Crippen LogP contribution in [-0.4, -0.2) is 70.5 Å². The van der Waals surface area contributed by atoms with Crippen molar-refractivity contribution in [3.8, 4) is 0 Å². The molecule has 2 fully saturated rings. The smallest absolute Gasteiger partial charge is 0.191 e. The van der Waals surface area contributed by atoms with E-state index in [1.807, 2.05) is 7.05 Å². The van der Waals surface area contributed by atoms with Gasteiger partial charge in [-0.3, -0.25) is 4.99 Å². The summed E-state index contributed by atoms with van der Waals surface area (Å²) in [5, 5.41) is 7.22. The highest BCUT2D eigenvalue weighted by Crippen LogP contribution is 2.33. The summed E-state index contributed by atoms with van der Waals surface area (Å²) in [7, 11) is 3.64. The molecule has 0 amide bonds. The number of hydrogen-bond donors (Lipinski definition) is 2. The Morgan fingerprint density at radius 2 is 1.94 bits per heavy atom. The molecule has 0 radical (unpaired) electrons. The van der Waals surface area contributed by atoms with E-state index < -0.39 is 0 Å². The average molecular weight is 545 g/mol. The van der Waals surface area contributed by atoms with E-state index in [9.17, 15) is 0 Å². The van der Waals surface area contributed by atoms with Gasteiger partial charge in [-0.1, -0.05) is 29.8 Å². The lowest BCUT2D eigenvalue weighted by Gasteiger charge is -2.34. The van der Waals surface area contributed by atoms with E-state index in [1.54, 1.807) is 7.11 Å². The number of piperidine rings is 1. The Labute approximate surface area is 205 Å². The van der Waals surface area contributed by atoms with Gasteiger partial charge in [0, 0.05) is 65.5 Å². The Bertz CT molecular complexity index is 647. The number of guanidine groups is 1. The summed E-state index contributed by atoms with van der Waals surface area (Å²) in [6.45, 7) is 8.14. The number of hydrogen-bond acceptors (Lipinski definition) is 4. The van der Waals surface area contributed by atoms with E-state index in [4.69, 9.17) is 9.47 Å². The highest BCUT2D eigenvalue weighted by molar-refractivity contribution is 14.0. The molecule has 1 aromatic rings. The molecule has 2 heterocycles. The SMILES string of the molecule is CN=C(NCC1CCCOC1c1ccc(C)cc1)NC1CCN(CCCOC)CC1.I. The van der Waals surface area contributed by atoms with Gasteiger partial charge >= 0.3 is 0 Å². The highest BCUT2D eigenvalue weighted by Gasteiger charge is 2.28. The zero-order valence-electron chi connectivity index (χ0n) is 19.4. The summed E-state index contributed by atoms with van der Waals surface area (Å²) < 4.78 is 11.3. The fourth-order valence-electron chi connectivity index (χ4n) is 4.53. The molecular formula is C24H41IN4O2. The van der Waals surface area contributed by atoms with E-state index in [2.05, 4.69) is 51.7 Å². The normalized spacial score (nSPS) is 23.3. The number of aliphatic imine (C=N–C) groups is 1. The molecule has 176 valence electrons. The monoisotopic (exact) mass is 544 g/mol. The van der Waals surface area contributed by atoms with Crippen LogP contribution in [0.1, 0.15) is 49.3 Å². The predicted molar refractivity (Wildman–Crippen MR) is 138 cm³/mol. The summed E-state index contributed by atoms with van der Waals surface area (Å²) in [6.07, 6.45) is 5.91. The largest absolute Gasteiger partial charge is 0.385 e. The van der Waals surface area contributed by atoms with E-state index in [0.29, 0.717) is 12.0 Å². The van der Waals surface area contributed by atoms with Crippen LogP contribution in [0.3, 0.4) is 0 Å². The molecular weight excluding hydrogens is 503 g/mol. The van der Waals surface area contributed by atoms with E-state index >= 15 is 0 Å². The Balaban J connectivity index is 0.00000341. The summed E-state index contributed by atoms with van der Waals surface area (Å²) in [5.41, 5.74) is 2.58. The molecule has 0 aromatic heterocycles. The quantitative estimate of drug-likeness (QED) is 0.226. The molecule has 2 atom stereocenters. The number of rotatable bonds is 8. The van der Waals surface area contributed by atoms with Crippen LogP contribution in [0, 0.1) is 12.8 Å². The molecule has 3 rings (SSSR count). The lowest BCUT2D eigenvalue weighted by Crippen LogP contribution is -2.50. The Morgan fingerprint density at radius 3 is 2.61 bits per heavy atom. The molecule has 7 heteroatoms. The first-order valence-corrected chi connectivity index (χ1v) is 11.6. The van der Waals surface area contributed by atoms with Gasteiger partial charge in [-0.15, -0.1) is 24.0 Å². The molecule has 0 spiro atoms. The van der Waals surface area contributed by atoms with Crippen LogP contribution in [0.25, 0.3) is 0 Å². The summed E-state index contributed by atoms with van der Waals surface area (Å²) >= 11 is 0. The van der Waals surface area contributed by atoms with Gasteiger partial charge in [0.05, 0.1) is 6.10 Å². The van der Waals surface area contributed by atoms with Gasteiger partial charge in [0.1, 0.15) is 0 Å². The molecule has 2 saturated heterocycles. The van der Waals surface area contributed by atoms with Crippen LogP contribution in [0.15, 0.2) is 29.3 Å². The molecule has 0 aliphatic carbocycles. The van der Waals surface area contributed by atoms with Crippen LogP contribution in [0.5, 0.6) is 0 Å². The van der Waals surface area contributed by atoms with Crippen LogP contribution in [-0.2, 0) is 9.47 Å². The fraction of sp³-hybridized carbons (Fsp3) is 0.708. The second-order valence-electron chi connectivity index (χ2n) is 8.66. The molecule has 1 aromatic carbocycles. The van der Waals surface area contributed by atoms with Crippen molar-refractivity contribution >= 4 is 29.9 Å². The van der Waals surface area contributed by atoms with Crippen molar-refractivity contribution in [1.82, 2.24) is 15.5 Å². The minimum absolute atomic E-state index is 0. The molecule has 6 nitrogen and oxygen atoms in total. The fourth-order valence-corrected chi connectivity index (χ4v) is 4.53. The van der Waals surface area contributed by atoms with Crippen molar-refractivity contribution in [1.29, 1.82) is 0 Å². The number of ether oxygens (including phenoxy) is 2. The molecule has 2 aliphatic heterocycles. The number of nitrogens with one attached hydrogen (secondary N) is 2. The Hall–Kier alpha value is -0.900. The topological polar surface area (TPSA) is 58.1 Å². The van der Waals surface area contributed by atoms with Crippen molar-refractivity contribution in [3.05, 3.63) is 35.4 Å². The molecule has 0 bridgehead atoms. The molecule has 2 aliphatic rings. The second-order valence-corrected chi connectivity index (χ2v) is 8.66. The maximum Gasteiger partial charge on any atom is 0.191 e. The van der Waals surface area contributed by atoms with Gasteiger partial charge in [0.15, 0.2) is 5.96 Å². The number of likely N-dealkylation sites (tertiary alicyclic amines) is 1. The first-order chi connectivity index (χ1) is 14.7. The Morgan fingerprint density at radius 1 is 1.19 bits per heavy atom. The summed E-state index contributed by atoms with van der Waals surface area (Å²) in [6, 6.07) is 9.28. The van der Waals surface area contributed by atoms with Gasteiger partial charge in [-0.25, -0.2) is 0 Å². The van der Waals surface area contributed by atoms with E-state index in [1.165, 1.54) is 17.5 Å². The zero-order valence-corrected chi connectivity index (χ0v) is 21.8. The minimum atomic E-state index is 0. The van der Waals surface area contributed by atoms with Crippen LogP contribution in [0.4, 0.5) is 0 Å². The van der Waals surface area contributed by atoms with Gasteiger partial charge < -0.3 is 25.0 Å².